The Morgan fingerprint density at radius 3 is 2.47 bits per heavy atom. The van der Waals surface area contributed by atoms with Crippen molar-refractivity contribution in [3.8, 4) is 28.8 Å². The smallest absolute Gasteiger partial charge is 0.330 e. The van der Waals surface area contributed by atoms with Gasteiger partial charge in [0.2, 0.25) is 0 Å². The molecule has 4 rings (SSSR count). The molecular weight excluding hydrogens is 428 g/mol. The van der Waals surface area contributed by atoms with Crippen molar-refractivity contribution >= 4 is 5.69 Å². The summed E-state index contributed by atoms with van der Waals surface area (Å²) in [5.74, 6) is 1.33. The van der Waals surface area contributed by atoms with Gasteiger partial charge in [-0.1, -0.05) is 17.7 Å². The van der Waals surface area contributed by atoms with Gasteiger partial charge < -0.3 is 9.47 Å². The van der Waals surface area contributed by atoms with Gasteiger partial charge in [-0.2, -0.15) is 5.26 Å². The van der Waals surface area contributed by atoms with E-state index in [-0.39, 0.29) is 18.7 Å². The second-order valence-corrected chi connectivity index (χ2v) is 8.58. The van der Waals surface area contributed by atoms with Crippen LogP contribution in [0.5, 0.6) is 11.5 Å². The number of benzene rings is 2. The number of hydrogen-bond acceptors (Lipinski definition) is 5. The molecule has 1 aliphatic rings. The minimum Gasteiger partial charge on any atom is -0.493 e. The normalized spacial score (nSPS) is 12.6. The highest BCUT2D eigenvalue weighted by Crippen LogP contribution is 2.37. The molecule has 0 saturated heterocycles. The van der Waals surface area contributed by atoms with E-state index in [2.05, 4.69) is 25.1 Å². The summed E-state index contributed by atoms with van der Waals surface area (Å²) >= 11 is 0. The number of fused-ring (bicyclic) bond motifs is 3. The van der Waals surface area contributed by atoms with Gasteiger partial charge in [-0.3, -0.25) is 9.13 Å². The first kappa shape index (κ1) is 23.4. The molecule has 0 amide bonds. The van der Waals surface area contributed by atoms with Crippen LogP contribution in [0.2, 0.25) is 0 Å². The van der Waals surface area contributed by atoms with E-state index in [0.29, 0.717) is 36.6 Å². The van der Waals surface area contributed by atoms with Gasteiger partial charge >= 0.3 is 5.69 Å². The first-order valence-electron chi connectivity index (χ1n) is 11.6. The molecule has 7 heteroatoms. The van der Waals surface area contributed by atoms with Gasteiger partial charge in [0.1, 0.15) is 5.49 Å². The zero-order valence-electron chi connectivity index (χ0n) is 20.4. The van der Waals surface area contributed by atoms with E-state index in [9.17, 15) is 10.1 Å². The SMILES string of the molecule is CCOc1cc2c(cc1OC)-c1c/c(=N\c3c(C)cc(C)cc3C)n(CCC#N)c(=O)n1CC2. The van der Waals surface area contributed by atoms with Crippen molar-refractivity contribution in [2.24, 2.45) is 4.99 Å². The van der Waals surface area contributed by atoms with Crippen LogP contribution in [-0.4, -0.2) is 22.9 Å². The monoisotopic (exact) mass is 458 g/mol. The van der Waals surface area contributed by atoms with Crippen LogP contribution in [0.25, 0.3) is 11.3 Å². The third kappa shape index (κ3) is 4.24. The second-order valence-electron chi connectivity index (χ2n) is 8.58. The van der Waals surface area contributed by atoms with Crippen LogP contribution in [0.1, 0.15) is 35.6 Å². The van der Waals surface area contributed by atoms with Crippen molar-refractivity contribution < 1.29 is 9.47 Å². The maximum Gasteiger partial charge on any atom is 0.330 e. The fourth-order valence-corrected chi connectivity index (χ4v) is 4.70. The third-order valence-electron chi connectivity index (χ3n) is 6.17. The van der Waals surface area contributed by atoms with Crippen LogP contribution in [0.15, 0.2) is 40.1 Å². The molecular formula is C27H30N4O3. The lowest BCUT2D eigenvalue weighted by Crippen LogP contribution is -2.42. The topological polar surface area (TPSA) is 81.5 Å². The van der Waals surface area contributed by atoms with Gasteiger partial charge in [0.15, 0.2) is 11.5 Å². The maximum absolute atomic E-state index is 13.6. The van der Waals surface area contributed by atoms with Crippen molar-refractivity contribution in [1.29, 1.82) is 5.26 Å². The summed E-state index contributed by atoms with van der Waals surface area (Å²) in [4.78, 5) is 18.5. The molecule has 3 aromatic rings. The predicted molar refractivity (Wildman–Crippen MR) is 132 cm³/mol. The van der Waals surface area contributed by atoms with E-state index < -0.39 is 0 Å². The molecule has 0 fully saturated rings. The first-order valence-corrected chi connectivity index (χ1v) is 11.6. The molecule has 1 aromatic heterocycles. The number of aryl methyl sites for hydroxylation is 4. The Morgan fingerprint density at radius 1 is 1.09 bits per heavy atom. The molecule has 0 N–H and O–H groups in total. The molecule has 0 unspecified atom stereocenters. The Morgan fingerprint density at radius 2 is 1.82 bits per heavy atom. The lowest BCUT2D eigenvalue weighted by atomic mass is 9.97. The number of hydrogen-bond donors (Lipinski definition) is 0. The Labute approximate surface area is 199 Å². The minimum atomic E-state index is -0.160. The summed E-state index contributed by atoms with van der Waals surface area (Å²) in [7, 11) is 1.62. The lowest BCUT2D eigenvalue weighted by molar-refractivity contribution is 0.310. The Kier molecular flexibility index (Phi) is 6.60. The molecule has 0 radical (unpaired) electrons. The summed E-state index contributed by atoms with van der Waals surface area (Å²) in [6.45, 7) is 9.44. The average Bonchev–Trinajstić information content (AvgIpc) is 2.80. The average molecular weight is 459 g/mol. The van der Waals surface area contributed by atoms with E-state index in [1.807, 2.05) is 39.0 Å². The summed E-state index contributed by atoms with van der Waals surface area (Å²) < 4.78 is 14.7. The predicted octanol–water partition coefficient (Wildman–Crippen LogP) is 4.35. The van der Waals surface area contributed by atoms with Crippen LogP contribution >= 0.6 is 0 Å². The molecule has 176 valence electrons. The standard InChI is InChI=1S/C27H30N4O3/c1-6-34-24-14-20-8-11-30-22(21(20)15-23(24)33-5)16-25(31(27(30)32)10-7-9-28)29-26-18(3)12-17(2)13-19(26)4/h12-16H,6-8,10-11H2,1-5H3/b29-25+. The Bertz CT molecular complexity index is 1400. The van der Waals surface area contributed by atoms with Gasteiger partial charge in [0, 0.05) is 24.7 Å². The van der Waals surface area contributed by atoms with E-state index in [4.69, 9.17) is 14.5 Å². The largest absolute Gasteiger partial charge is 0.493 e. The molecule has 0 bridgehead atoms. The molecule has 0 atom stereocenters. The van der Waals surface area contributed by atoms with E-state index in [1.165, 1.54) is 5.56 Å². The van der Waals surface area contributed by atoms with Gasteiger partial charge in [-0.15, -0.1) is 0 Å². The Balaban J connectivity index is 2.01. The molecule has 2 aromatic carbocycles. The van der Waals surface area contributed by atoms with Crippen molar-refractivity contribution in [2.75, 3.05) is 13.7 Å². The summed E-state index contributed by atoms with van der Waals surface area (Å²) in [5, 5.41) is 9.19. The van der Waals surface area contributed by atoms with Crippen LogP contribution in [-0.2, 0) is 19.5 Å². The minimum absolute atomic E-state index is 0.160. The van der Waals surface area contributed by atoms with E-state index in [0.717, 1.165) is 33.6 Å². The molecule has 34 heavy (non-hydrogen) atoms. The quantitative estimate of drug-likeness (QED) is 0.550. The number of nitriles is 1. The van der Waals surface area contributed by atoms with Gasteiger partial charge in [-0.25, -0.2) is 9.79 Å². The molecule has 0 aliphatic carbocycles. The van der Waals surface area contributed by atoms with Crippen molar-refractivity contribution in [3.05, 3.63) is 68.6 Å². The first-order chi connectivity index (χ1) is 16.4. The summed E-state index contributed by atoms with van der Waals surface area (Å²) in [6, 6.07) is 12.2. The Hall–Kier alpha value is -3.79. The van der Waals surface area contributed by atoms with Crippen molar-refractivity contribution in [2.45, 2.75) is 53.6 Å². The molecule has 7 nitrogen and oxygen atoms in total. The molecule has 1 aliphatic heterocycles. The summed E-state index contributed by atoms with van der Waals surface area (Å²) in [5.41, 5.74) is 7.33. The number of methoxy groups -OCH3 is 1. The van der Waals surface area contributed by atoms with Gasteiger partial charge in [0.05, 0.1) is 37.6 Å². The van der Waals surface area contributed by atoms with E-state index in [1.54, 1.807) is 16.2 Å². The fraction of sp³-hybridized carbons (Fsp3) is 0.370. The molecule has 0 saturated carbocycles. The maximum atomic E-state index is 13.6. The van der Waals surface area contributed by atoms with Crippen LogP contribution < -0.4 is 20.7 Å². The fourth-order valence-electron chi connectivity index (χ4n) is 4.70. The molecule has 2 heterocycles. The second kappa shape index (κ2) is 9.60. The molecule has 0 spiro atoms. The van der Waals surface area contributed by atoms with Crippen LogP contribution in [0.3, 0.4) is 0 Å². The lowest BCUT2D eigenvalue weighted by Gasteiger charge is -2.24. The highest BCUT2D eigenvalue weighted by Gasteiger charge is 2.22. The highest BCUT2D eigenvalue weighted by molar-refractivity contribution is 5.70. The number of aromatic nitrogens is 2. The number of ether oxygens (including phenoxy) is 2. The van der Waals surface area contributed by atoms with Gasteiger partial charge in [0.25, 0.3) is 0 Å². The zero-order valence-corrected chi connectivity index (χ0v) is 20.4. The number of nitrogens with zero attached hydrogens (tertiary/aromatic N) is 4. The van der Waals surface area contributed by atoms with Crippen LogP contribution in [0.4, 0.5) is 5.69 Å². The van der Waals surface area contributed by atoms with Crippen molar-refractivity contribution in [3.63, 3.8) is 0 Å². The van der Waals surface area contributed by atoms with Crippen molar-refractivity contribution in [1.82, 2.24) is 9.13 Å². The third-order valence-corrected chi connectivity index (χ3v) is 6.17. The van der Waals surface area contributed by atoms with Crippen LogP contribution in [0, 0.1) is 32.1 Å². The van der Waals surface area contributed by atoms with E-state index >= 15 is 0 Å². The highest BCUT2D eigenvalue weighted by atomic mass is 16.5. The number of rotatable bonds is 6. The zero-order chi connectivity index (χ0) is 24.4. The summed E-state index contributed by atoms with van der Waals surface area (Å²) in [6.07, 6.45) is 0.937. The van der Waals surface area contributed by atoms with Gasteiger partial charge in [-0.05, 0) is 62.9 Å².